The summed E-state index contributed by atoms with van der Waals surface area (Å²) in [5.74, 6) is 2.45. The van der Waals surface area contributed by atoms with E-state index in [-0.39, 0.29) is 11.3 Å². The number of piperidine rings is 1. The first-order valence-electron chi connectivity index (χ1n) is 14.1. The highest BCUT2D eigenvalue weighted by atomic mass is 16.5. The van der Waals surface area contributed by atoms with Crippen LogP contribution in [0.3, 0.4) is 0 Å². The fourth-order valence-corrected chi connectivity index (χ4v) is 7.93. The van der Waals surface area contributed by atoms with E-state index in [4.69, 9.17) is 4.74 Å². The van der Waals surface area contributed by atoms with Gasteiger partial charge in [-0.05, 0) is 54.7 Å². The van der Waals surface area contributed by atoms with E-state index in [1.807, 2.05) is 6.07 Å². The maximum atomic E-state index is 14.6. The Kier molecular flexibility index (Phi) is 6.78. The van der Waals surface area contributed by atoms with Gasteiger partial charge < -0.3 is 20.3 Å². The Morgan fingerprint density at radius 1 is 0.972 bits per heavy atom. The first-order valence-corrected chi connectivity index (χ1v) is 14.1. The minimum atomic E-state index is -0.216. The lowest BCUT2D eigenvalue weighted by molar-refractivity contribution is -0.142. The number of amides is 1. The highest BCUT2D eigenvalue weighted by molar-refractivity contribution is 5.82. The van der Waals surface area contributed by atoms with Crippen molar-refractivity contribution in [3.63, 3.8) is 0 Å². The number of nitrogens with one attached hydrogen (secondary N) is 2. The maximum Gasteiger partial charge on any atom is 0.228 e. The number of ether oxygens (including phenoxy) is 1. The van der Waals surface area contributed by atoms with Crippen LogP contribution in [0.15, 0.2) is 48.5 Å². The first kappa shape index (κ1) is 24.0. The van der Waals surface area contributed by atoms with E-state index >= 15 is 0 Å². The molecule has 3 aliphatic heterocycles. The normalized spacial score (nSPS) is 30.8. The fourth-order valence-electron chi connectivity index (χ4n) is 7.93. The molecule has 2 aromatic carbocycles. The van der Waals surface area contributed by atoms with Gasteiger partial charge in [0.25, 0.3) is 0 Å². The van der Waals surface area contributed by atoms with Crippen molar-refractivity contribution in [2.24, 2.45) is 11.8 Å². The number of hydrogen-bond donors (Lipinski definition) is 2. The molecule has 2 saturated heterocycles. The largest absolute Gasteiger partial charge is 0.496 e. The predicted molar refractivity (Wildman–Crippen MR) is 143 cm³/mol. The zero-order valence-electron chi connectivity index (χ0n) is 21.7. The van der Waals surface area contributed by atoms with Gasteiger partial charge in [-0.15, -0.1) is 0 Å². The van der Waals surface area contributed by atoms with Crippen molar-refractivity contribution in [3.05, 3.63) is 65.2 Å². The second-order valence-electron chi connectivity index (χ2n) is 11.6. The molecule has 0 bridgehead atoms. The molecular weight excluding hydrogens is 446 g/mol. The summed E-state index contributed by atoms with van der Waals surface area (Å²) in [7, 11) is 1.75. The highest BCUT2D eigenvalue weighted by Gasteiger charge is 2.53. The van der Waals surface area contributed by atoms with Gasteiger partial charge in [0.15, 0.2) is 0 Å². The van der Waals surface area contributed by atoms with Gasteiger partial charge in [-0.25, -0.2) is 0 Å². The lowest BCUT2D eigenvalue weighted by Gasteiger charge is -2.48. The number of rotatable bonds is 4. The summed E-state index contributed by atoms with van der Waals surface area (Å²) in [5, 5.41) is 7.28. The van der Waals surface area contributed by atoms with Gasteiger partial charge >= 0.3 is 0 Å². The van der Waals surface area contributed by atoms with Gasteiger partial charge in [0.1, 0.15) is 5.75 Å². The minimum absolute atomic E-state index is 0.0458. The molecule has 4 atom stereocenters. The summed E-state index contributed by atoms with van der Waals surface area (Å²) in [4.78, 5) is 16.9. The first-order chi connectivity index (χ1) is 17.7. The number of carbonyl (C=O) groups excluding carboxylic acids is 1. The van der Waals surface area contributed by atoms with Gasteiger partial charge in [0.2, 0.25) is 5.91 Å². The van der Waals surface area contributed by atoms with Gasteiger partial charge in [0.05, 0.1) is 13.0 Å². The zero-order valence-corrected chi connectivity index (χ0v) is 21.7. The SMILES string of the molecule is COc1cccc2c1CNC[C@]21CNC[C@H]1C(=O)N1CC[C@@H](c2ccccc2)C[C@H]1C1CCCCC1. The van der Waals surface area contributed by atoms with Crippen LogP contribution in [0, 0.1) is 11.8 Å². The molecular formula is C31H41N3O2. The van der Waals surface area contributed by atoms with E-state index in [1.165, 1.54) is 48.8 Å². The van der Waals surface area contributed by atoms with E-state index in [9.17, 15) is 4.79 Å². The van der Waals surface area contributed by atoms with Crippen molar-refractivity contribution in [1.82, 2.24) is 15.5 Å². The molecule has 1 amide bonds. The Bertz CT molecular complexity index is 1070. The second kappa shape index (κ2) is 10.2. The molecule has 4 aliphatic rings. The third kappa shape index (κ3) is 4.14. The number of carbonyl (C=O) groups is 1. The third-order valence-corrected chi connectivity index (χ3v) is 9.78. The molecule has 1 aliphatic carbocycles. The van der Waals surface area contributed by atoms with Gasteiger partial charge in [0, 0.05) is 49.7 Å². The van der Waals surface area contributed by atoms with E-state index in [2.05, 4.69) is 58.0 Å². The van der Waals surface area contributed by atoms with Crippen LogP contribution in [0.25, 0.3) is 0 Å². The molecule has 2 N–H and O–H groups in total. The van der Waals surface area contributed by atoms with Crippen molar-refractivity contribution in [2.75, 3.05) is 33.3 Å². The molecule has 0 unspecified atom stereocenters. The molecule has 0 radical (unpaired) electrons. The Labute approximate surface area is 216 Å². The number of likely N-dealkylation sites (tertiary alicyclic amines) is 1. The standard InChI is InChI=1S/C31H41N3O2/c1-36-29-14-8-13-26-25(29)18-32-20-31(26)21-33-19-27(31)30(35)34-16-15-24(22-9-4-2-5-10-22)17-28(34)23-11-6-3-7-12-23/h2,4-5,8-10,13-14,23-24,27-28,32-33H,3,6-7,11-12,15-21H2,1H3/t24-,27+,28+,31+/m1/s1. The van der Waals surface area contributed by atoms with Gasteiger partial charge in [-0.3, -0.25) is 4.79 Å². The lowest BCUT2D eigenvalue weighted by atomic mass is 9.67. The van der Waals surface area contributed by atoms with E-state index in [1.54, 1.807) is 7.11 Å². The molecule has 2 aromatic rings. The Morgan fingerprint density at radius 2 is 1.78 bits per heavy atom. The van der Waals surface area contributed by atoms with Crippen LogP contribution in [-0.4, -0.2) is 50.1 Å². The average Bonchev–Trinajstić information content (AvgIpc) is 3.37. The molecule has 1 spiro atoms. The van der Waals surface area contributed by atoms with Gasteiger partial charge in [-0.1, -0.05) is 61.7 Å². The highest BCUT2D eigenvalue weighted by Crippen LogP contribution is 2.45. The quantitative estimate of drug-likeness (QED) is 0.661. The molecule has 6 rings (SSSR count). The molecule has 5 heteroatoms. The molecule has 36 heavy (non-hydrogen) atoms. The predicted octanol–water partition coefficient (Wildman–Crippen LogP) is 4.61. The molecule has 192 valence electrons. The van der Waals surface area contributed by atoms with Crippen LogP contribution >= 0.6 is 0 Å². The van der Waals surface area contributed by atoms with Crippen molar-refractivity contribution in [3.8, 4) is 5.75 Å². The smallest absolute Gasteiger partial charge is 0.228 e. The third-order valence-electron chi connectivity index (χ3n) is 9.78. The fraction of sp³-hybridized carbons (Fsp3) is 0.581. The Morgan fingerprint density at radius 3 is 2.58 bits per heavy atom. The Balaban J connectivity index is 1.31. The number of nitrogens with zero attached hydrogens (tertiary/aromatic N) is 1. The van der Waals surface area contributed by atoms with Crippen LogP contribution in [0.4, 0.5) is 0 Å². The number of methoxy groups -OCH3 is 1. The maximum absolute atomic E-state index is 14.6. The Hall–Kier alpha value is -2.37. The van der Waals surface area contributed by atoms with Crippen LogP contribution in [0.1, 0.15) is 67.6 Å². The van der Waals surface area contributed by atoms with Gasteiger partial charge in [-0.2, -0.15) is 0 Å². The second-order valence-corrected chi connectivity index (χ2v) is 11.6. The number of hydrogen-bond acceptors (Lipinski definition) is 4. The van der Waals surface area contributed by atoms with Crippen molar-refractivity contribution in [1.29, 1.82) is 0 Å². The molecule has 0 aromatic heterocycles. The van der Waals surface area contributed by atoms with Crippen molar-refractivity contribution < 1.29 is 9.53 Å². The molecule has 5 nitrogen and oxygen atoms in total. The summed E-state index contributed by atoms with van der Waals surface area (Å²) < 4.78 is 5.72. The monoisotopic (exact) mass is 487 g/mol. The minimum Gasteiger partial charge on any atom is -0.496 e. The molecule has 1 saturated carbocycles. The molecule has 3 heterocycles. The average molecular weight is 488 g/mol. The summed E-state index contributed by atoms with van der Waals surface area (Å²) in [6, 6.07) is 17.8. The lowest BCUT2D eigenvalue weighted by Crippen LogP contribution is -2.57. The van der Waals surface area contributed by atoms with Crippen LogP contribution in [-0.2, 0) is 16.8 Å². The summed E-state index contributed by atoms with van der Waals surface area (Å²) >= 11 is 0. The van der Waals surface area contributed by atoms with Crippen LogP contribution in [0.5, 0.6) is 5.75 Å². The number of benzene rings is 2. The summed E-state index contributed by atoms with van der Waals surface area (Å²) in [6.07, 6.45) is 8.68. The molecule has 3 fully saturated rings. The van der Waals surface area contributed by atoms with E-state index in [0.29, 0.717) is 23.8 Å². The van der Waals surface area contributed by atoms with Crippen molar-refractivity contribution in [2.45, 2.75) is 68.9 Å². The summed E-state index contributed by atoms with van der Waals surface area (Å²) in [5.41, 5.74) is 3.76. The van der Waals surface area contributed by atoms with E-state index in [0.717, 1.165) is 51.3 Å². The summed E-state index contributed by atoms with van der Waals surface area (Å²) in [6.45, 7) is 4.11. The van der Waals surface area contributed by atoms with Crippen molar-refractivity contribution >= 4 is 5.91 Å². The van der Waals surface area contributed by atoms with Crippen LogP contribution in [0.2, 0.25) is 0 Å². The van der Waals surface area contributed by atoms with Crippen LogP contribution < -0.4 is 15.4 Å². The topological polar surface area (TPSA) is 53.6 Å². The van der Waals surface area contributed by atoms with E-state index < -0.39 is 0 Å². The number of fused-ring (bicyclic) bond motifs is 2. The zero-order chi connectivity index (χ0) is 24.5.